The van der Waals surface area contributed by atoms with Gasteiger partial charge in [0.1, 0.15) is 11.6 Å². The number of nitriles is 1. The van der Waals surface area contributed by atoms with Crippen molar-refractivity contribution in [3.63, 3.8) is 0 Å². The molecule has 0 bridgehead atoms. The zero-order valence-electron chi connectivity index (χ0n) is 13.4. The fraction of sp³-hybridized carbons (Fsp3) is 0.105. The number of fused-ring (bicyclic) bond motifs is 1. The summed E-state index contributed by atoms with van der Waals surface area (Å²) in [5, 5.41) is 13.4. The second kappa shape index (κ2) is 5.36. The Morgan fingerprint density at radius 2 is 1.67 bits per heavy atom. The van der Waals surface area contributed by atoms with E-state index >= 15 is 0 Å². The highest BCUT2D eigenvalue weighted by Crippen LogP contribution is 2.23. The van der Waals surface area contributed by atoms with Crippen LogP contribution in [0.2, 0.25) is 0 Å². The van der Waals surface area contributed by atoms with Crippen LogP contribution >= 0.6 is 0 Å². The van der Waals surface area contributed by atoms with Crippen LogP contribution in [0.25, 0.3) is 22.6 Å². The van der Waals surface area contributed by atoms with Crippen molar-refractivity contribution < 1.29 is 0 Å². The number of hydrogen-bond acceptors (Lipinski definition) is 3. The van der Waals surface area contributed by atoms with E-state index in [9.17, 15) is 0 Å². The van der Waals surface area contributed by atoms with E-state index < -0.39 is 0 Å². The lowest BCUT2D eigenvalue weighted by Crippen LogP contribution is -1.99. The average Bonchev–Trinajstić information content (AvgIpc) is 3.18. The predicted octanol–water partition coefficient (Wildman–Crippen LogP) is 3.68. The smallest absolute Gasteiger partial charge is 0.173 e. The number of rotatable bonds is 2. The number of nitrogens with zero attached hydrogens (tertiary/aromatic N) is 5. The monoisotopic (exact) mass is 313 g/mol. The Balaban J connectivity index is 1.82. The maximum atomic E-state index is 9.13. The molecule has 0 spiro atoms. The lowest BCUT2D eigenvalue weighted by Gasteiger charge is -2.11. The van der Waals surface area contributed by atoms with Gasteiger partial charge < -0.3 is 4.57 Å². The molecule has 0 amide bonds. The molecule has 0 aliphatic carbocycles. The summed E-state index contributed by atoms with van der Waals surface area (Å²) in [5.74, 6) is 0. The molecular weight excluding hydrogens is 298 g/mol. The van der Waals surface area contributed by atoms with E-state index in [4.69, 9.17) is 5.26 Å². The van der Waals surface area contributed by atoms with E-state index in [-0.39, 0.29) is 0 Å². The van der Waals surface area contributed by atoms with Crippen LogP contribution in [0, 0.1) is 25.2 Å². The topological polar surface area (TPSA) is 58.9 Å². The first-order valence-corrected chi connectivity index (χ1v) is 7.67. The standard InChI is InChI=1S/C19H15N5/c1-13-3-4-14(2)23(13)17-7-5-15(6-8-17)18-9-10-21-19-16(11-20)12-22-24(18)19/h3-10,12H,1-2H3. The molecule has 1 aromatic carbocycles. The molecule has 116 valence electrons. The minimum Gasteiger partial charge on any atom is -0.319 e. The van der Waals surface area contributed by atoms with Crippen molar-refractivity contribution >= 4 is 5.65 Å². The lowest BCUT2D eigenvalue weighted by molar-refractivity contribution is 0.945. The molecule has 0 fully saturated rings. The zero-order chi connectivity index (χ0) is 16.7. The van der Waals surface area contributed by atoms with E-state index in [0.717, 1.165) is 16.9 Å². The third kappa shape index (κ3) is 2.09. The number of benzene rings is 1. The van der Waals surface area contributed by atoms with E-state index in [1.807, 2.05) is 6.07 Å². The summed E-state index contributed by atoms with van der Waals surface area (Å²) >= 11 is 0. The SMILES string of the molecule is Cc1ccc(C)n1-c1ccc(-c2ccnc3c(C#N)cnn23)cc1. The molecule has 4 rings (SSSR count). The fourth-order valence-corrected chi connectivity index (χ4v) is 3.05. The molecule has 24 heavy (non-hydrogen) atoms. The first kappa shape index (κ1) is 14.2. The first-order chi connectivity index (χ1) is 11.7. The van der Waals surface area contributed by atoms with Crippen molar-refractivity contribution in [3.8, 4) is 23.0 Å². The van der Waals surface area contributed by atoms with Gasteiger partial charge in [-0.3, -0.25) is 0 Å². The summed E-state index contributed by atoms with van der Waals surface area (Å²) in [5.41, 5.74) is 6.54. The Hall–Kier alpha value is -3.39. The minimum atomic E-state index is 0.479. The van der Waals surface area contributed by atoms with Gasteiger partial charge in [0, 0.05) is 28.8 Å². The van der Waals surface area contributed by atoms with Gasteiger partial charge in [-0.25, -0.2) is 9.50 Å². The minimum absolute atomic E-state index is 0.479. The Kier molecular flexibility index (Phi) is 3.17. The van der Waals surface area contributed by atoms with Crippen molar-refractivity contribution in [1.29, 1.82) is 5.26 Å². The summed E-state index contributed by atoms with van der Waals surface area (Å²) in [6.07, 6.45) is 3.26. The van der Waals surface area contributed by atoms with Crippen molar-refractivity contribution in [2.45, 2.75) is 13.8 Å². The summed E-state index contributed by atoms with van der Waals surface area (Å²) in [6.45, 7) is 4.20. The number of aryl methyl sites for hydroxylation is 2. The van der Waals surface area contributed by atoms with Crippen LogP contribution in [-0.4, -0.2) is 19.2 Å². The fourth-order valence-electron chi connectivity index (χ4n) is 3.05. The molecule has 0 saturated carbocycles. The molecule has 5 nitrogen and oxygen atoms in total. The van der Waals surface area contributed by atoms with Gasteiger partial charge in [0.15, 0.2) is 5.65 Å². The van der Waals surface area contributed by atoms with Crippen LogP contribution in [0.1, 0.15) is 17.0 Å². The van der Waals surface area contributed by atoms with E-state index in [2.05, 4.69) is 71.0 Å². The average molecular weight is 313 g/mol. The molecule has 0 saturated heterocycles. The third-order valence-corrected chi connectivity index (χ3v) is 4.21. The number of aromatic nitrogens is 4. The largest absolute Gasteiger partial charge is 0.319 e. The normalized spacial score (nSPS) is 10.9. The van der Waals surface area contributed by atoms with Crippen LogP contribution in [0.4, 0.5) is 0 Å². The summed E-state index contributed by atoms with van der Waals surface area (Å²) < 4.78 is 3.92. The predicted molar refractivity (Wildman–Crippen MR) is 91.9 cm³/mol. The van der Waals surface area contributed by atoms with Crippen molar-refractivity contribution in [3.05, 3.63) is 71.8 Å². The Morgan fingerprint density at radius 1 is 0.958 bits per heavy atom. The first-order valence-electron chi connectivity index (χ1n) is 7.67. The Morgan fingerprint density at radius 3 is 2.33 bits per heavy atom. The highest BCUT2D eigenvalue weighted by molar-refractivity contribution is 5.66. The Labute approximate surface area is 139 Å². The highest BCUT2D eigenvalue weighted by atomic mass is 15.3. The third-order valence-electron chi connectivity index (χ3n) is 4.21. The Bertz CT molecular complexity index is 1060. The molecule has 3 heterocycles. The van der Waals surface area contributed by atoms with Gasteiger partial charge in [0.05, 0.1) is 11.9 Å². The second-order valence-corrected chi connectivity index (χ2v) is 5.73. The highest BCUT2D eigenvalue weighted by Gasteiger charge is 2.10. The van der Waals surface area contributed by atoms with Crippen LogP contribution in [0.5, 0.6) is 0 Å². The van der Waals surface area contributed by atoms with E-state index in [1.54, 1.807) is 16.9 Å². The summed E-state index contributed by atoms with van der Waals surface area (Å²) in [7, 11) is 0. The van der Waals surface area contributed by atoms with Crippen LogP contribution in [0.15, 0.2) is 54.9 Å². The van der Waals surface area contributed by atoms with Gasteiger partial charge in [0.2, 0.25) is 0 Å². The van der Waals surface area contributed by atoms with Gasteiger partial charge in [-0.05, 0) is 44.2 Å². The van der Waals surface area contributed by atoms with Gasteiger partial charge in [-0.1, -0.05) is 12.1 Å². The molecule has 3 aromatic heterocycles. The van der Waals surface area contributed by atoms with Crippen LogP contribution in [-0.2, 0) is 0 Å². The molecule has 0 unspecified atom stereocenters. The van der Waals surface area contributed by atoms with Crippen LogP contribution in [0.3, 0.4) is 0 Å². The van der Waals surface area contributed by atoms with Gasteiger partial charge in [-0.2, -0.15) is 10.4 Å². The summed E-state index contributed by atoms with van der Waals surface area (Å²) in [4.78, 5) is 4.25. The van der Waals surface area contributed by atoms with Gasteiger partial charge >= 0.3 is 0 Å². The van der Waals surface area contributed by atoms with Crippen molar-refractivity contribution in [1.82, 2.24) is 19.2 Å². The molecule has 0 atom stereocenters. The molecule has 5 heteroatoms. The van der Waals surface area contributed by atoms with Gasteiger partial charge in [0.25, 0.3) is 0 Å². The lowest BCUT2D eigenvalue weighted by atomic mass is 10.1. The van der Waals surface area contributed by atoms with Gasteiger partial charge in [-0.15, -0.1) is 0 Å². The van der Waals surface area contributed by atoms with Crippen molar-refractivity contribution in [2.75, 3.05) is 0 Å². The molecular formula is C19H15N5. The van der Waals surface area contributed by atoms with E-state index in [1.165, 1.54) is 11.4 Å². The maximum Gasteiger partial charge on any atom is 0.173 e. The molecule has 0 aliphatic rings. The second-order valence-electron chi connectivity index (χ2n) is 5.73. The molecule has 4 aromatic rings. The quantitative estimate of drug-likeness (QED) is 0.567. The molecule has 0 radical (unpaired) electrons. The molecule has 0 N–H and O–H groups in total. The molecule has 0 aliphatic heterocycles. The number of hydrogen-bond donors (Lipinski definition) is 0. The maximum absolute atomic E-state index is 9.13. The summed E-state index contributed by atoms with van der Waals surface area (Å²) in [6, 6.07) is 16.6. The van der Waals surface area contributed by atoms with Crippen molar-refractivity contribution in [2.24, 2.45) is 0 Å². The van der Waals surface area contributed by atoms with Crippen LogP contribution < -0.4 is 0 Å². The zero-order valence-corrected chi connectivity index (χ0v) is 13.4. The van der Waals surface area contributed by atoms with E-state index in [0.29, 0.717) is 11.2 Å².